The molecule has 0 fully saturated rings. The molecular weight excluding hydrogens is 252 g/mol. The third-order valence-corrected chi connectivity index (χ3v) is 4.56. The van der Waals surface area contributed by atoms with E-state index >= 15 is 0 Å². The number of nitrogen functional groups attached to an aromatic ring is 2. The van der Waals surface area contributed by atoms with Crippen molar-refractivity contribution in [3.8, 4) is 0 Å². The van der Waals surface area contributed by atoms with Gasteiger partial charge in [-0.25, -0.2) is 0 Å². The third kappa shape index (κ3) is 2.85. The Balaban J connectivity index is 2.30. The molecule has 2 aromatic carbocycles. The van der Waals surface area contributed by atoms with Crippen LogP contribution in [0.4, 0.5) is 11.4 Å². The first-order chi connectivity index (χ1) is 8.99. The molecule has 0 aromatic heterocycles. The SMILES string of the molecule is C[Si](C)c1ccc(C(=O)c2ccc(N)c(N)c2)cc1. The van der Waals surface area contributed by atoms with Gasteiger partial charge in [-0.2, -0.15) is 0 Å². The Morgan fingerprint density at radius 2 is 1.47 bits per heavy atom. The van der Waals surface area contributed by atoms with Crippen LogP contribution in [0.5, 0.6) is 0 Å². The second-order valence-electron chi connectivity index (χ2n) is 4.75. The first kappa shape index (κ1) is 13.4. The number of nitrogens with two attached hydrogens (primary N) is 2. The van der Waals surface area contributed by atoms with Gasteiger partial charge in [0.1, 0.15) is 0 Å². The summed E-state index contributed by atoms with van der Waals surface area (Å²) in [6.07, 6.45) is 0. The van der Waals surface area contributed by atoms with E-state index in [1.807, 2.05) is 24.3 Å². The molecule has 0 heterocycles. The Hall–Kier alpha value is -2.07. The molecule has 4 heteroatoms. The Labute approximate surface area is 114 Å². The molecule has 97 valence electrons. The lowest BCUT2D eigenvalue weighted by Crippen LogP contribution is -2.22. The normalized spacial score (nSPS) is 10.7. The summed E-state index contributed by atoms with van der Waals surface area (Å²) in [5.41, 5.74) is 13.6. The number of hydrogen-bond donors (Lipinski definition) is 2. The Bertz CT molecular complexity index is 606. The van der Waals surface area contributed by atoms with Crippen molar-refractivity contribution in [2.45, 2.75) is 13.1 Å². The van der Waals surface area contributed by atoms with Crippen LogP contribution in [0.1, 0.15) is 15.9 Å². The fourth-order valence-electron chi connectivity index (χ4n) is 1.84. The fraction of sp³-hybridized carbons (Fsp3) is 0.133. The number of anilines is 2. The van der Waals surface area contributed by atoms with Crippen LogP contribution in [-0.2, 0) is 0 Å². The van der Waals surface area contributed by atoms with E-state index in [0.717, 1.165) is 0 Å². The first-order valence-electron chi connectivity index (χ1n) is 6.09. The molecule has 0 unspecified atom stereocenters. The minimum absolute atomic E-state index is 0.0285. The van der Waals surface area contributed by atoms with E-state index in [1.54, 1.807) is 18.2 Å². The molecule has 0 saturated carbocycles. The van der Waals surface area contributed by atoms with Crippen molar-refractivity contribution in [1.29, 1.82) is 0 Å². The number of ketones is 1. The summed E-state index contributed by atoms with van der Waals surface area (Å²) >= 11 is 0. The maximum absolute atomic E-state index is 12.3. The lowest BCUT2D eigenvalue weighted by molar-refractivity contribution is 0.103. The summed E-state index contributed by atoms with van der Waals surface area (Å²) in [6.45, 7) is 4.45. The molecular formula is C15H17N2OSi. The van der Waals surface area contributed by atoms with Gasteiger partial charge in [-0.05, 0) is 18.2 Å². The zero-order chi connectivity index (χ0) is 14.0. The molecule has 3 nitrogen and oxygen atoms in total. The zero-order valence-electron chi connectivity index (χ0n) is 11.1. The van der Waals surface area contributed by atoms with Crippen LogP contribution in [-0.4, -0.2) is 14.6 Å². The Morgan fingerprint density at radius 1 is 0.895 bits per heavy atom. The summed E-state index contributed by atoms with van der Waals surface area (Å²) < 4.78 is 0. The molecule has 0 amide bonds. The number of benzene rings is 2. The molecule has 0 bridgehead atoms. The van der Waals surface area contributed by atoms with Crippen molar-refractivity contribution >= 4 is 31.1 Å². The van der Waals surface area contributed by atoms with Crippen LogP contribution >= 0.6 is 0 Å². The predicted octanol–water partition coefficient (Wildman–Crippen LogP) is 2.04. The monoisotopic (exact) mass is 269 g/mol. The minimum Gasteiger partial charge on any atom is -0.397 e. The molecule has 0 saturated heterocycles. The van der Waals surface area contributed by atoms with E-state index in [2.05, 4.69) is 13.1 Å². The van der Waals surface area contributed by atoms with Gasteiger partial charge < -0.3 is 11.5 Å². The van der Waals surface area contributed by atoms with Crippen molar-refractivity contribution in [3.05, 3.63) is 53.6 Å². The van der Waals surface area contributed by atoms with Gasteiger partial charge in [0.15, 0.2) is 5.78 Å². The average Bonchev–Trinajstić information content (AvgIpc) is 2.41. The average molecular weight is 269 g/mol. The second kappa shape index (κ2) is 5.28. The molecule has 2 aromatic rings. The van der Waals surface area contributed by atoms with E-state index < -0.39 is 8.80 Å². The highest BCUT2D eigenvalue weighted by Crippen LogP contribution is 2.18. The zero-order valence-corrected chi connectivity index (χ0v) is 12.1. The van der Waals surface area contributed by atoms with Crippen LogP contribution in [0.25, 0.3) is 0 Å². The van der Waals surface area contributed by atoms with Crippen LogP contribution in [0.15, 0.2) is 42.5 Å². The van der Waals surface area contributed by atoms with Crippen LogP contribution < -0.4 is 16.7 Å². The summed E-state index contributed by atoms with van der Waals surface area (Å²) in [4.78, 5) is 12.3. The Kier molecular flexibility index (Phi) is 3.71. The maximum Gasteiger partial charge on any atom is 0.193 e. The topological polar surface area (TPSA) is 69.1 Å². The number of carbonyl (C=O) groups is 1. The van der Waals surface area contributed by atoms with Crippen molar-refractivity contribution in [2.24, 2.45) is 0 Å². The van der Waals surface area contributed by atoms with Gasteiger partial charge in [-0.1, -0.05) is 42.5 Å². The molecule has 1 radical (unpaired) electrons. The van der Waals surface area contributed by atoms with E-state index in [0.29, 0.717) is 22.5 Å². The molecule has 0 aliphatic heterocycles. The number of carbonyl (C=O) groups excluding carboxylic acids is 1. The van der Waals surface area contributed by atoms with Crippen molar-refractivity contribution in [2.75, 3.05) is 11.5 Å². The number of hydrogen-bond acceptors (Lipinski definition) is 3. The van der Waals surface area contributed by atoms with E-state index in [1.165, 1.54) is 5.19 Å². The van der Waals surface area contributed by atoms with Gasteiger partial charge in [-0.3, -0.25) is 4.79 Å². The summed E-state index contributed by atoms with van der Waals surface area (Å²) in [6, 6.07) is 12.8. The van der Waals surface area contributed by atoms with Crippen LogP contribution in [0.2, 0.25) is 13.1 Å². The van der Waals surface area contributed by atoms with Crippen LogP contribution in [0.3, 0.4) is 0 Å². The highest BCUT2D eigenvalue weighted by molar-refractivity contribution is 6.70. The molecule has 0 atom stereocenters. The van der Waals surface area contributed by atoms with Gasteiger partial charge >= 0.3 is 0 Å². The van der Waals surface area contributed by atoms with E-state index in [9.17, 15) is 4.79 Å². The largest absolute Gasteiger partial charge is 0.397 e. The molecule has 0 aliphatic rings. The van der Waals surface area contributed by atoms with E-state index in [4.69, 9.17) is 11.5 Å². The van der Waals surface area contributed by atoms with E-state index in [-0.39, 0.29) is 5.78 Å². The smallest absolute Gasteiger partial charge is 0.193 e. The predicted molar refractivity (Wildman–Crippen MR) is 82.3 cm³/mol. The van der Waals surface area contributed by atoms with Gasteiger partial charge in [0.2, 0.25) is 0 Å². The van der Waals surface area contributed by atoms with Crippen molar-refractivity contribution in [3.63, 3.8) is 0 Å². The molecule has 0 aliphatic carbocycles. The van der Waals surface area contributed by atoms with Gasteiger partial charge in [-0.15, -0.1) is 0 Å². The summed E-state index contributed by atoms with van der Waals surface area (Å²) in [5, 5.41) is 1.32. The number of rotatable bonds is 3. The lowest BCUT2D eigenvalue weighted by Gasteiger charge is -2.07. The van der Waals surface area contributed by atoms with Crippen LogP contribution in [0, 0.1) is 0 Å². The first-order valence-corrected chi connectivity index (χ1v) is 8.59. The standard InChI is InChI=1S/C15H17N2OSi/c1-19(2)12-6-3-10(4-7-12)15(18)11-5-8-13(16)14(17)9-11/h3-9H,16-17H2,1-2H3. The van der Waals surface area contributed by atoms with Crippen molar-refractivity contribution in [1.82, 2.24) is 0 Å². The maximum atomic E-state index is 12.3. The van der Waals surface area contributed by atoms with Crippen molar-refractivity contribution < 1.29 is 4.79 Å². The van der Waals surface area contributed by atoms with Gasteiger partial charge in [0.25, 0.3) is 0 Å². The minimum atomic E-state index is -0.478. The highest BCUT2D eigenvalue weighted by Gasteiger charge is 2.10. The second-order valence-corrected chi connectivity index (χ2v) is 7.33. The molecule has 0 spiro atoms. The molecule has 19 heavy (non-hydrogen) atoms. The van der Waals surface area contributed by atoms with Gasteiger partial charge in [0, 0.05) is 11.1 Å². The quantitative estimate of drug-likeness (QED) is 0.509. The highest BCUT2D eigenvalue weighted by atomic mass is 28.3. The summed E-state index contributed by atoms with van der Waals surface area (Å²) in [5.74, 6) is -0.0285. The molecule has 4 N–H and O–H groups in total. The third-order valence-electron chi connectivity index (χ3n) is 3.07. The molecule has 2 rings (SSSR count). The van der Waals surface area contributed by atoms with Gasteiger partial charge in [0.05, 0.1) is 20.2 Å². The summed E-state index contributed by atoms with van der Waals surface area (Å²) in [7, 11) is -0.478. The fourth-order valence-corrected chi connectivity index (χ4v) is 2.67. The Morgan fingerprint density at radius 3 is 2.00 bits per heavy atom. The lowest BCUT2D eigenvalue weighted by atomic mass is 10.0.